The highest BCUT2D eigenvalue weighted by Gasteiger charge is 2.49. The molecular formula is C17H16N4O2. The van der Waals surface area contributed by atoms with E-state index in [1.54, 1.807) is 4.90 Å². The van der Waals surface area contributed by atoms with Gasteiger partial charge in [0, 0.05) is 31.2 Å². The Hall–Kier alpha value is -2.76. The number of nitrogens with one attached hydrogen (secondary N) is 1. The van der Waals surface area contributed by atoms with Gasteiger partial charge in [0.05, 0.1) is 11.6 Å². The molecule has 2 aliphatic rings. The van der Waals surface area contributed by atoms with Crippen LogP contribution < -0.4 is 5.32 Å². The fourth-order valence-corrected chi connectivity index (χ4v) is 3.58. The summed E-state index contributed by atoms with van der Waals surface area (Å²) in [7, 11) is 0. The van der Waals surface area contributed by atoms with Crippen molar-refractivity contribution in [1.82, 2.24) is 14.9 Å². The van der Waals surface area contributed by atoms with E-state index < -0.39 is 5.41 Å². The van der Waals surface area contributed by atoms with Crippen LogP contribution in [0.4, 0.5) is 5.69 Å². The van der Waals surface area contributed by atoms with E-state index in [1.807, 2.05) is 24.3 Å². The number of nitrogens with zero attached hydrogens (tertiary/aromatic N) is 3. The molecule has 2 aliphatic heterocycles. The molecule has 0 aliphatic carbocycles. The number of aromatic nitrogens is 2. The molecule has 116 valence electrons. The van der Waals surface area contributed by atoms with Crippen molar-refractivity contribution < 1.29 is 9.59 Å². The second kappa shape index (κ2) is 5.15. The van der Waals surface area contributed by atoms with Gasteiger partial charge in [-0.15, -0.1) is 0 Å². The van der Waals surface area contributed by atoms with Gasteiger partial charge in [-0.2, -0.15) is 0 Å². The van der Waals surface area contributed by atoms with E-state index in [-0.39, 0.29) is 11.8 Å². The van der Waals surface area contributed by atoms with Crippen LogP contribution in [0.2, 0.25) is 0 Å². The van der Waals surface area contributed by atoms with Crippen molar-refractivity contribution in [2.75, 3.05) is 18.4 Å². The Bertz CT molecular complexity index is 777. The van der Waals surface area contributed by atoms with Crippen molar-refractivity contribution in [2.24, 2.45) is 0 Å². The van der Waals surface area contributed by atoms with Crippen molar-refractivity contribution in [3.8, 4) is 0 Å². The molecule has 1 unspecified atom stereocenters. The lowest BCUT2D eigenvalue weighted by atomic mass is 9.75. The van der Waals surface area contributed by atoms with Gasteiger partial charge in [0.1, 0.15) is 5.69 Å². The number of hydrogen-bond donors (Lipinski definition) is 1. The van der Waals surface area contributed by atoms with Gasteiger partial charge in [-0.05, 0) is 24.5 Å². The summed E-state index contributed by atoms with van der Waals surface area (Å²) in [6, 6.07) is 7.72. The van der Waals surface area contributed by atoms with Gasteiger partial charge >= 0.3 is 0 Å². The predicted octanol–water partition coefficient (Wildman–Crippen LogP) is 1.60. The summed E-state index contributed by atoms with van der Waals surface area (Å²) in [5, 5.41) is 2.95. The molecule has 6 nitrogen and oxygen atoms in total. The smallest absolute Gasteiger partial charge is 0.274 e. The third-order valence-corrected chi connectivity index (χ3v) is 4.69. The van der Waals surface area contributed by atoms with Crippen LogP contribution in [0.25, 0.3) is 0 Å². The Morgan fingerprint density at radius 3 is 2.96 bits per heavy atom. The van der Waals surface area contributed by atoms with Crippen molar-refractivity contribution >= 4 is 17.5 Å². The monoisotopic (exact) mass is 308 g/mol. The number of carbonyl (C=O) groups excluding carboxylic acids is 2. The van der Waals surface area contributed by atoms with Crippen LogP contribution in [0.3, 0.4) is 0 Å². The molecule has 4 rings (SSSR count). The minimum absolute atomic E-state index is 0.0182. The largest absolute Gasteiger partial charge is 0.336 e. The van der Waals surface area contributed by atoms with Crippen LogP contribution >= 0.6 is 0 Å². The summed E-state index contributed by atoms with van der Waals surface area (Å²) >= 11 is 0. The Morgan fingerprint density at radius 2 is 2.13 bits per heavy atom. The van der Waals surface area contributed by atoms with E-state index in [0.29, 0.717) is 18.8 Å². The number of anilines is 1. The van der Waals surface area contributed by atoms with Crippen molar-refractivity contribution in [2.45, 2.75) is 18.3 Å². The lowest BCUT2D eigenvalue weighted by Crippen LogP contribution is -2.52. The molecule has 3 heterocycles. The second-order valence-electron chi connectivity index (χ2n) is 6.00. The maximum atomic E-state index is 12.7. The van der Waals surface area contributed by atoms with Gasteiger partial charge in [0.25, 0.3) is 5.91 Å². The number of carbonyl (C=O) groups is 2. The first-order valence-electron chi connectivity index (χ1n) is 7.67. The highest BCUT2D eigenvalue weighted by Crippen LogP contribution is 2.43. The Balaban J connectivity index is 1.68. The van der Waals surface area contributed by atoms with E-state index in [4.69, 9.17) is 0 Å². The molecule has 23 heavy (non-hydrogen) atoms. The molecule has 0 bridgehead atoms. The zero-order chi connectivity index (χ0) is 15.9. The predicted molar refractivity (Wildman–Crippen MR) is 83.9 cm³/mol. The Labute approximate surface area is 133 Å². The summed E-state index contributed by atoms with van der Waals surface area (Å²) in [6.45, 7) is 1.01. The summed E-state index contributed by atoms with van der Waals surface area (Å²) in [5.74, 6) is -0.190. The third-order valence-electron chi connectivity index (χ3n) is 4.69. The van der Waals surface area contributed by atoms with E-state index >= 15 is 0 Å². The zero-order valence-corrected chi connectivity index (χ0v) is 12.5. The molecule has 1 saturated heterocycles. The number of rotatable bonds is 1. The van der Waals surface area contributed by atoms with Crippen LogP contribution in [0.5, 0.6) is 0 Å². The lowest BCUT2D eigenvalue weighted by Gasteiger charge is -2.38. The van der Waals surface area contributed by atoms with Crippen molar-refractivity contribution in [3.05, 3.63) is 54.1 Å². The summed E-state index contributed by atoms with van der Waals surface area (Å²) in [5.41, 5.74) is 1.51. The average molecular weight is 308 g/mol. The molecule has 2 aromatic rings. The second-order valence-corrected chi connectivity index (χ2v) is 6.00. The van der Waals surface area contributed by atoms with Crippen molar-refractivity contribution in [1.29, 1.82) is 0 Å². The fraction of sp³-hybridized carbons (Fsp3) is 0.294. The van der Waals surface area contributed by atoms with Gasteiger partial charge in [0.2, 0.25) is 5.91 Å². The molecule has 1 fully saturated rings. The van der Waals surface area contributed by atoms with Crippen LogP contribution in [-0.4, -0.2) is 39.8 Å². The van der Waals surface area contributed by atoms with E-state index in [2.05, 4.69) is 15.3 Å². The van der Waals surface area contributed by atoms with E-state index in [1.165, 1.54) is 18.6 Å². The molecule has 1 atom stereocenters. The summed E-state index contributed by atoms with van der Waals surface area (Å²) in [4.78, 5) is 35.0. The van der Waals surface area contributed by atoms with Gasteiger partial charge in [-0.1, -0.05) is 18.2 Å². The maximum Gasteiger partial charge on any atom is 0.274 e. The Morgan fingerprint density at radius 1 is 1.26 bits per heavy atom. The first-order chi connectivity index (χ1) is 11.2. The van der Waals surface area contributed by atoms with Crippen LogP contribution in [0.1, 0.15) is 28.9 Å². The quantitative estimate of drug-likeness (QED) is 0.868. The molecule has 0 saturated carbocycles. The van der Waals surface area contributed by atoms with Crippen LogP contribution in [-0.2, 0) is 10.2 Å². The standard InChI is InChI=1S/C17H16N4O2/c22-15(14-10-18-7-8-19-14)21-9-3-6-17(11-21)12-4-1-2-5-13(12)20-16(17)23/h1-2,4-5,7-8,10H,3,6,9,11H2,(H,20,23). The molecule has 1 spiro atoms. The number of fused-ring (bicyclic) bond motifs is 2. The van der Waals surface area contributed by atoms with E-state index in [0.717, 1.165) is 24.1 Å². The molecule has 1 aromatic carbocycles. The van der Waals surface area contributed by atoms with Crippen molar-refractivity contribution in [3.63, 3.8) is 0 Å². The number of benzene rings is 1. The topological polar surface area (TPSA) is 75.2 Å². The number of para-hydroxylation sites is 1. The average Bonchev–Trinajstić information content (AvgIpc) is 2.87. The minimum atomic E-state index is -0.646. The summed E-state index contributed by atoms with van der Waals surface area (Å²) < 4.78 is 0. The number of likely N-dealkylation sites (tertiary alicyclic amines) is 1. The highest BCUT2D eigenvalue weighted by atomic mass is 16.2. The first kappa shape index (κ1) is 13.9. The summed E-state index contributed by atoms with van der Waals surface area (Å²) in [6.07, 6.45) is 6.04. The van der Waals surface area contributed by atoms with Crippen LogP contribution in [0.15, 0.2) is 42.9 Å². The van der Waals surface area contributed by atoms with Gasteiger partial charge in [-0.25, -0.2) is 4.98 Å². The molecular weight excluding hydrogens is 292 g/mol. The molecule has 1 N–H and O–H groups in total. The number of amides is 2. The Kier molecular flexibility index (Phi) is 3.11. The normalized spacial score (nSPS) is 22.8. The fourth-order valence-electron chi connectivity index (χ4n) is 3.58. The van der Waals surface area contributed by atoms with Gasteiger partial charge in [0.15, 0.2) is 0 Å². The lowest BCUT2D eigenvalue weighted by molar-refractivity contribution is -0.122. The van der Waals surface area contributed by atoms with Gasteiger partial charge in [-0.3, -0.25) is 14.6 Å². The molecule has 2 amide bonds. The van der Waals surface area contributed by atoms with Crippen LogP contribution in [0, 0.1) is 0 Å². The first-order valence-corrected chi connectivity index (χ1v) is 7.67. The zero-order valence-electron chi connectivity index (χ0n) is 12.5. The number of piperidine rings is 1. The third kappa shape index (κ3) is 2.10. The van der Waals surface area contributed by atoms with E-state index in [9.17, 15) is 9.59 Å². The maximum absolute atomic E-state index is 12.7. The number of hydrogen-bond acceptors (Lipinski definition) is 4. The minimum Gasteiger partial charge on any atom is -0.336 e. The molecule has 1 aromatic heterocycles. The van der Waals surface area contributed by atoms with Gasteiger partial charge < -0.3 is 10.2 Å². The molecule has 0 radical (unpaired) electrons. The molecule has 6 heteroatoms. The highest BCUT2D eigenvalue weighted by molar-refractivity contribution is 6.07. The SMILES string of the molecule is O=C(c1cnccn1)N1CCCC2(C1)C(=O)Nc1ccccc12.